The van der Waals surface area contributed by atoms with E-state index in [9.17, 15) is 9.59 Å². The Morgan fingerprint density at radius 1 is 1.22 bits per heavy atom. The zero-order valence-electron chi connectivity index (χ0n) is 13.2. The van der Waals surface area contributed by atoms with Crippen LogP contribution >= 0.6 is 11.8 Å². The fourth-order valence-corrected chi connectivity index (χ4v) is 2.74. The molecule has 1 heterocycles. The summed E-state index contributed by atoms with van der Waals surface area (Å²) in [7, 11) is 0. The molecule has 0 fully saturated rings. The van der Waals surface area contributed by atoms with E-state index >= 15 is 0 Å². The van der Waals surface area contributed by atoms with Crippen LogP contribution in [0.1, 0.15) is 31.7 Å². The van der Waals surface area contributed by atoms with Gasteiger partial charge >= 0.3 is 0 Å². The normalized spacial score (nSPS) is 10.5. The van der Waals surface area contributed by atoms with Crippen LogP contribution in [0.4, 0.5) is 5.69 Å². The summed E-state index contributed by atoms with van der Waals surface area (Å²) >= 11 is 1.20. The summed E-state index contributed by atoms with van der Waals surface area (Å²) in [6.07, 6.45) is 6.15. The number of thioether (sulfide) groups is 1. The summed E-state index contributed by atoms with van der Waals surface area (Å²) in [5.74, 6) is 0.0748. The highest BCUT2D eigenvalue weighted by Crippen LogP contribution is 2.14. The van der Waals surface area contributed by atoms with Gasteiger partial charge in [-0.3, -0.25) is 9.59 Å². The van der Waals surface area contributed by atoms with Crippen molar-refractivity contribution in [3.05, 3.63) is 52.4 Å². The molecule has 0 atom stereocenters. The van der Waals surface area contributed by atoms with Crippen molar-refractivity contribution in [2.45, 2.75) is 37.8 Å². The molecule has 23 heavy (non-hydrogen) atoms. The molecule has 0 aliphatic carbocycles. The van der Waals surface area contributed by atoms with Gasteiger partial charge in [-0.1, -0.05) is 43.7 Å². The Morgan fingerprint density at radius 2 is 2.00 bits per heavy atom. The average molecular weight is 331 g/mol. The van der Waals surface area contributed by atoms with Crippen molar-refractivity contribution in [2.75, 3.05) is 11.1 Å². The van der Waals surface area contributed by atoms with Gasteiger partial charge in [0.05, 0.1) is 5.75 Å². The minimum Gasteiger partial charge on any atom is -0.325 e. The maximum absolute atomic E-state index is 11.9. The molecule has 0 aliphatic heterocycles. The van der Waals surface area contributed by atoms with Crippen molar-refractivity contribution < 1.29 is 4.79 Å². The number of benzene rings is 1. The van der Waals surface area contributed by atoms with E-state index in [1.54, 1.807) is 0 Å². The summed E-state index contributed by atoms with van der Waals surface area (Å²) in [4.78, 5) is 29.6. The first-order valence-corrected chi connectivity index (χ1v) is 8.73. The Labute approximate surface area is 139 Å². The predicted molar refractivity (Wildman–Crippen MR) is 93.9 cm³/mol. The van der Waals surface area contributed by atoms with E-state index < -0.39 is 0 Å². The fraction of sp³-hybridized carbons (Fsp3) is 0.353. The Hall–Kier alpha value is -2.08. The first-order valence-electron chi connectivity index (χ1n) is 7.74. The number of anilines is 1. The Balaban J connectivity index is 1.79. The lowest BCUT2D eigenvalue weighted by molar-refractivity contribution is -0.113. The number of amides is 1. The molecular formula is C17H21N3O2S. The molecular weight excluding hydrogens is 310 g/mol. The van der Waals surface area contributed by atoms with Crippen molar-refractivity contribution in [1.29, 1.82) is 0 Å². The van der Waals surface area contributed by atoms with Crippen LogP contribution in [0.3, 0.4) is 0 Å². The van der Waals surface area contributed by atoms with Crippen LogP contribution in [0.5, 0.6) is 0 Å². The van der Waals surface area contributed by atoms with Crippen LogP contribution in [0.2, 0.25) is 0 Å². The number of aryl methyl sites for hydroxylation is 1. The topological polar surface area (TPSA) is 74.8 Å². The van der Waals surface area contributed by atoms with Gasteiger partial charge in [-0.25, -0.2) is 4.98 Å². The Morgan fingerprint density at radius 3 is 2.70 bits per heavy atom. The molecule has 0 bridgehead atoms. The number of rotatable bonds is 8. The van der Waals surface area contributed by atoms with Crippen molar-refractivity contribution in [2.24, 2.45) is 0 Å². The zero-order chi connectivity index (χ0) is 16.5. The molecule has 0 spiro atoms. The summed E-state index contributed by atoms with van der Waals surface area (Å²) in [6.45, 7) is 2.19. The van der Waals surface area contributed by atoms with Crippen molar-refractivity contribution in [3.8, 4) is 0 Å². The lowest BCUT2D eigenvalue weighted by atomic mass is 10.1. The van der Waals surface area contributed by atoms with Crippen LogP contribution in [0.25, 0.3) is 0 Å². The summed E-state index contributed by atoms with van der Waals surface area (Å²) < 4.78 is 0. The molecule has 1 aromatic carbocycles. The van der Waals surface area contributed by atoms with Crippen LogP contribution in [0, 0.1) is 0 Å². The molecule has 5 nitrogen and oxygen atoms in total. The highest BCUT2D eigenvalue weighted by molar-refractivity contribution is 7.99. The number of aromatic amines is 1. The number of nitrogens with zero attached hydrogens (tertiary/aromatic N) is 1. The van der Waals surface area contributed by atoms with Gasteiger partial charge in [-0.15, -0.1) is 0 Å². The molecule has 2 aromatic rings. The molecule has 6 heteroatoms. The van der Waals surface area contributed by atoms with Crippen LogP contribution in [-0.2, 0) is 11.2 Å². The number of unbranched alkanes of at least 4 members (excludes halogenated alkanes) is 2. The van der Waals surface area contributed by atoms with Crippen LogP contribution < -0.4 is 10.9 Å². The standard InChI is InChI=1S/C17H21N3O2S/c1-2-3-4-5-13-6-8-14(9-7-13)19-16(22)12-23-17-18-11-10-15(21)20-17/h6-11H,2-5,12H2,1H3,(H,19,22)(H,18,20,21). The number of H-pyrrole nitrogens is 1. The summed E-state index contributed by atoms with van der Waals surface area (Å²) in [5, 5.41) is 3.29. The van der Waals surface area contributed by atoms with Gasteiger partial charge in [-0.05, 0) is 30.5 Å². The van der Waals surface area contributed by atoms with Crippen LogP contribution in [-0.4, -0.2) is 21.6 Å². The second-order valence-electron chi connectivity index (χ2n) is 5.23. The minimum atomic E-state index is -0.221. The van der Waals surface area contributed by atoms with E-state index in [1.165, 1.54) is 48.9 Å². The number of carbonyl (C=O) groups is 1. The maximum atomic E-state index is 11.9. The molecule has 122 valence electrons. The van der Waals surface area contributed by atoms with Gasteiger partial charge in [0, 0.05) is 18.0 Å². The van der Waals surface area contributed by atoms with E-state index in [-0.39, 0.29) is 17.2 Å². The highest BCUT2D eigenvalue weighted by atomic mass is 32.2. The molecule has 0 radical (unpaired) electrons. The van der Waals surface area contributed by atoms with Crippen molar-refractivity contribution in [1.82, 2.24) is 9.97 Å². The molecule has 0 unspecified atom stereocenters. The Kier molecular flexibility index (Phi) is 6.87. The molecule has 2 N–H and O–H groups in total. The Bertz CT molecular complexity index is 683. The maximum Gasteiger partial charge on any atom is 0.251 e. The van der Waals surface area contributed by atoms with Gasteiger partial charge < -0.3 is 10.3 Å². The van der Waals surface area contributed by atoms with Crippen LogP contribution in [0.15, 0.2) is 46.5 Å². The third-order valence-electron chi connectivity index (χ3n) is 3.29. The molecule has 2 rings (SSSR count). The van der Waals surface area contributed by atoms with Gasteiger partial charge in [0.2, 0.25) is 5.91 Å². The number of nitrogens with one attached hydrogen (secondary N) is 2. The van der Waals surface area contributed by atoms with Crippen molar-refractivity contribution in [3.63, 3.8) is 0 Å². The van der Waals surface area contributed by atoms with Gasteiger partial charge in [0.1, 0.15) is 0 Å². The quantitative estimate of drug-likeness (QED) is 0.442. The second kappa shape index (κ2) is 9.15. The van der Waals surface area contributed by atoms with E-state index in [0.29, 0.717) is 5.16 Å². The van der Waals surface area contributed by atoms with E-state index in [2.05, 4.69) is 34.3 Å². The van der Waals surface area contributed by atoms with Crippen molar-refractivity contribution >= 4 is 23.4 Å². The highest BCUT2D eigenvalue weighted by Gasteiger charge is 2.05. The lowest BCUT2D eigenvalue weighted by Crippen LogP contribution is -2.15. The first kappa shape index (κ1) is 17.3. The zero-order valence-corrected chi connectivity index (χ0v) is 14.0. The first-order chi connectivity index (χ1) is 11.2. The largest absolute Gasteiger partial charge is 0.325 e. The number of aromatic nitrogens is 2. The van der Waals surface area contributed by atoms with Gasteiger partial charge in [0.25, 0.3) is 5.56 Å². The number of hydrogen-bond acceptors (Lipinski definition) is 4. The summed E-state index contributed by atoms with van der Waals surface area (Å²) in [5.41, 5.74) is 1.85. The lowest BCUT2D eigenvalue weighted by Gasteiger charge is -2.06. The molecule has 0 saturated heterocycles. The van der Waals surface area contributed by atoms with Gasteiger partial charge in [-0.2, -0.15) is 0 Å². The number of hydrogen-bond donors (Lipinski definition) is 2. The molecule has 1 amide bonds. The third kappa shape index (κ3) is 6.28. The predicted octanol–water partition coefficient (Wildman–Crippen LogP) is 3.23. The van der Waals surface area contributed by atoms with E-state index in [4.69, 9.17) is 0 Å². The fourth-order valence-electron chi connectivity index (χ4n) is 2.09. The molecule has 0 aliphatic rings. The summed E-state index contributed by atoms with van der Waals surface area (Å²) in [6, 6.07) is 9.29. The SMILES string of the molecule is CCCCCc1ccc(NC(=O)CSc2nccc(=O)[nH]2)cc1. The van der Waals surface area contributed by atoms with E-state index in [0.717, 1.165) is 12.1 Å². The average Bonchev–Trinajstić information content (AvgIpc) is 2.55. The monoisotopic (exact) mass is 331 g/mol. The third-order valence-corrected chi connectivity index (χ3v) is 4.18. The van der Waals surface area contributed by atoms with E-state index in [1.807, 2.05) is 12.1 Å². The minimum absolute atomic E-state index is 0.125. The molecule has 0 saturated carbocycles. The number of carbonyl (C=O) groups excluding carboxylic acids is 1. The van der Waals surface area contributed by atoms with Gasteiger partial charge in [0.15, 0.2) is 5.16 Å². The molecule has 1 aromatic heterocycles. The smallest absolute Gasteiger partial charge is 0.251 e. The second-order valence-corrected chi connectivity index (χ2v) is 6.19.